The molecule has 1 amide bonds. The standard InChI is InChI=1S/C15H20N2O3.ClH/c1-11-3-5-12(6-4-11)17-10-7-13(15(17)20)16(2)9-8-14(18)19;/h3-6,13H,7-10H2,1-2H3,(H,18,19);1H. The van der Waals surface area contributed by atoms with Crippen LogP contribution >= 0.6 is 12.4 Å². The molecule has 1 aromatic carbocycles. The molecule has 0 aliphatic carbocycles. The monoisotopic (exact) mass is 312 g/mol. The zero-order valence-corrected chi connectivity index (χ0v) is 13.1. The molecule has 1 aromatic rings. The Bertz CT molecular complexity index is 504. The maximum absolute atomic E-state index is 12.4. The van der Waals surface area contributed by atoms with Crippen LogP contribution in [0.3, 0.4) is 0 Å². The molecule has 1 heterocycles. The fourth-order valence-electron chi connectivity index (χ4n) is 2.48. The Hall–Kier alpha value is -1.59. The van der Waals surface area contributed by atoms with Crippen molar-refractivity contribution in [3.63, 3.8) is 0 Å². The van der Waals surface area contributed by atoms with Gasteiger partial charge in [0.05, 0.1) is 12.5 Å². The number of carbonyl (C=O) groups is 2. The summed E-state index contributed by atoms with van der Waals surface area (Å²) < 4.78 is 0. The Morgan fingerprint density at radius 2 is 2.00 bits per heavy atom. The number of amides is 1. The van der Waals surface area contributed by atoms with E-state index in [9.17, 15) is 9.59 Å². The van der Waals surface area contributed by atoms with E-state index in [4.69, 9.17) is 5.11 Å². The van der Waals surface area contributed by atoms with Crippen LogP contribution in [0.1, 0.15) is 18.4 Å². The van der Waals surface area contributed by atoms with Crippen LogP contribution in [-0.4, -0.2) is 48.1 Å². The number of aryl methyl sites for hydroxylation is 1. The fourth-order valence-corrected chi connectivity index (χ4v) is 2.48. The largest absolute Gasteiger partial charge is 0.481 e. The average molecular weight is 313 g/mol. The van der Waals surface area contributed by atoms with Gasteiger partial charge in [-0.05, 0) is 32.5 Å². The van der Waals surface area contributed by atoms with Crippen molar-refractivity contribution in [3.05, 3.63) is 29.8 Å². The van der Waals surface area contributed by atoms with E-state index in [2.05, 4.69) is 0 Å². The second-order valence-electron chi connectivity index (χ2n) is 5.25. The van der Waals surface area contributed by atoms with Crippen molar-refractivity contribution in [2.75, 3.05) is 25.0 Å². The first kappa shape index (κ1) is 17.5. The third kappa shape index (κ3) is 4.19. The highest BCUT2D eigenvalue weighted by Crippen LogP contribution is 2.24. The van der Waals surface area contributed by atoms with Gasteiger partial charge in [-0.15, -0.1) is 12.4 Å². The number of carboxylic acids is 1. The molecule has 21 heavy (non-hydrogen) atoms. The minimum absolute atomic E-state index is 0. The van der Waals surface area contributed by atoms with E-state index in [-0.39, 0.29) is 30.8 Å². The fraction of sp³-hybridized carbons (Fsp3) is 0.467. The average Bonchev–Trinajstić information content (AvgIpc) is 2.79. The number of hydrogen-bond donors (Lipinski definition) is 1. The number of halogens is 1. The summed E-state index contributed by atoms with van der Waals surface area (Å²) in [6.07, 6.45) is 0.799. The quantitative estimate of drug-likeness (QED) is 0.902. The summed E-state index contributed by atoms with van der Waals surface area (Å²) in [5, 5.41) is 8.71. The maximum atomic E-state index is 12.4. The van der Waals surface area contributed by atoms with Crippen LogP contribution in [0.25, 0.3) is 0 Å². The number of aliphatic carboxylic acids is 1. The van der Waals surface area contributed by atoms with Crippen LogP contribution in [0.5, 0.6) is 0 Å². The van der Waals surface area contributed by atoms with Crippen LogP contribution < -0.4 is 4.90 Å². The first-order valence-electron chi connectivity index (χ1n) is 6.79. The third-order valence-corrected chi connectivity index (χ3v) is 3.73. The third-order valence-electron chi connectivity index (χ3n) is 3.73. The molecule has 0 aromatic heterocycles. The molecule has 1 unspecified atom stereocenters. The van der Waals surface area contributed by atoms with Crippen LogP contribution in [0.15, 0.2) is 24.3 Å². The van der Waals surface area contributed by atoms with Gasteiger partial charge in [-0.3, -0.25) is 14.5 Å². The lowest BCUT2D eigenvalue weighted by atomic mass is 10.2. The first-order chi connectivity index (χ1) is 9.49. The number of nitrogens with zero attached hydrogens (tertiary/aromatic N) is 2. The van der Waals surface area contributed by atoms with E-state index in [1.807, 2.05) is 43.1 Å². The predicted molar refractivity (Wildman–Crippen MR) is 84.1 cm³/mol. The summed E-state index contributed by atoms with van der Waals surface area (Å²) in [4.78, 5) is 26.6. The number of carboxylic acid groups (broad SMARTS) is 1. The van der Waals surface area contributed by atoms with Gasteiger partial charge in [-0.2, -0.15) is 0 Å². The summed E-state index contributed by atoms with van der Waals surface area (Å²) in [6.45, 7) is 3.09. The molecule has 1 aliphatic rings. The minimum Gasteiger partial charge on any atom is -0.481 e. The predicted octanol–water partition coefficient (Wildman–Crippen LogP) is 1.93. The lowest BCUT2D eigenvalue weighted by molar-refractivity contribution is -0.137. The highest BCUT2D eigenvalue weighted by Gasteiger charge is 2.35. The van der Waals surface area contributed by atoms with Gasteiger partial charge < -0.3 is 10.0 Å². The summed E-state index contributed by atoms with van der Waals surface area (Å²) in [6, 6.07) is 7.67. The van der Waals surface area contributed by atoms with Gasteiger partial charge >= 0.3 is 5.97 Å². The van der Waals surface area contributed by atoms with Gasteiger partial charge in [0.15, 0.2) is 0 Å². The van der Waals surface area contributed by atoms with Crippen molar-refractivity contribution < 1.29 is 14.7 Å². The van der Waals surface area contributed by atoms with E-state index in [1.54, 1.807) is 4.90 Å². The summed E-state index contributed by atoms with van der Waals surface area (Å²) in [5.74, 6) is -0.778. The molecule has 6 heteroatoms. The molecule has 1 aliphatic heterocycles. The van der Waals surface area contributed by atoms with Crippen LogP contribution in [0.4, 0.5) is 5.69 Å². The van der Waals surface area contributed by atoms with Crippen LogP contribution in [-0.2, 0) is 9.59 Å². The lowest BCUT2D eigenvalue weighted by Gasteiger charge is -2.23. The smallest absolute Gasteiger partial charge is 0.304 e. The molecule has 0 radical (unpaired) electrons. The normalized spacial score (nSPS) is 18.0. The van der Waals surface area contributed by atoms with Gasteiger partial charge in [-0.1, -0.05) is 17.7 Å². The number of benzene rings is 1. The molecular formula is C15H21ClN2O3. The summed E-state index contributed by atoms with van der Waals surface area (Å²) in [5.41, 5.74) is 2.07. The summed E-state index contributed by atoms with van der Waals surface area (Å²) in [7, 11) is 1.81. The highest BCUT2D eigenvalue weighted by molar-refractivity contribution is 5.99. The molecule has 0 bridgehead atoms. The van der Waals surface area contributed by atoms with Crippen LogP contribution in [0, 0.1) is 6.92 Å². The highest BCUT2D eigenvalue weighted by atomic mass is 35.5. The maximum Gasteiger partial charge on any atom is 0.304 e. The van der Waals surface area contributed by atoms with Gasteiger partial charge in [0.1, 0.15) is 0 Å². The minimum atomic E-state index is -0.835. The van der Waals surface area contributed by atoms with E-state index in [1.165, 1.54) is 0 Å². The Morgan fingerprint density at radius 1 is 1.38 bits per heavy atom. The second kappa shape index (κ2) is 7.43. The zero-order chi connectivity index (χ0) is 14.7. The zero-order valence-electron chi connectivity index (χ0n) is 12.3. The van der Waals surface area contributed by atoms with Crippen molar-refractivity contribution in [2.45, 2.75) is 25.8 Å². The molecule has 116 valence electrons. The molecule has 1 N–H and O–H groups in total. The van der Waals surface area contributed by atoms with Crippen molar-refractivity contribution in [2.24, 2.45) is 0 Å². The molecule has 1 saturated heterocycles. The lowest BCUT2D eigenvalue weighted by Crippen LogP contribution is -2.40. The van der Waals surface area contributed by atoms with E-state index in [0.29, 0.717) is 13.1 Å². The Balaban J connectivity index is 0.00000220. The van der Waals surface area contributed by atoms with Crippen molar-refractivity contribution in [1.29, 1.82) is 0 Å². The Morgan fingerprint density at radius 3 is 2.57 bits per heavy atom. The second-order valence-corrected chi connectivity index (χ2v) is 5.25. The molecular weight excluding hydrogens is 292 g/mol. The molecule has 1 fully saturated rings. The van der Waals surface area contributed by atoms with Gasteiger partial charge in [0.25, 0.3) is 0 Å². The van der Waals surface area contributed by atoms with Crippen molar-refractivity contribution in [1.82, 2.24) is 4.90 Å². The van der Waals surface area contributed by atoms with Crippen molar-refractivity contribution >= 4 is 30.0 Å². The first-order valence-corrected chi connectivity index (χ1v) is 6.79. The Labute approximate surface area is 131 Å². The van der Waals surface area contributed by atoms with E-state index < -0.39 is 5.97 Å². The molecule has 2 rings (SSSR count). The topological polar surface area (TPSA) is 60.9 Å². The van der Waals surface area contributed by atoms with Gasteiger partial charge in [-0.25, -0.2) is 0 Å². The van der Waals surface area contributed by atoms with Crippen molar-refractivity contribution in [3.8, 4) is 0 Å². The summed E-state index contributed by atoms with van der Waals surface area (Å²) >= 11 is 0. The van der Waals surface area contributed by atoms with Gasteiger partial charge in [0.2, 0.25) is 5.91 Å². The molecule has 0 spiro atoms. The SMILES string of the molecule is Cc1ccc(N2CCC(N(C)CCC(=O)O)C2=O)cc1.Cl. The molecule has 1 atom stereocenters. The number of carbonyl (C=O) groups excluding carboxylic acids is 1. The molecule has 0 saturated carbocycles. The number of rotatable bonds is 5. The number of likely N-dealkylation sites (N-methyl/N-ethyl adjacent to an activating group) is 1. The van der Waals surface area contributed by atoms with E-state index >= 15 is 0 Å². The number of anilines is 1. The molecule has 5 nitrogen and oxygen atoms in total. The van der Waals surface area contributed by atoms with Crippen LogP contribution in [0.2, 0.25) is 0 Å². The van der Waals surface area contributed by atoms with E-state index in [0.717, 1.165) is 17.7 Å². The number of hydrogen-bond acceptors (Lipinski definition) is 3. The Kier molecular flexibility index (Phi) is 6.18. The van der Waals surface area contributed by atoms with Gasteiger partial charge in [0, 0.05) is 18.8 Å².